The van der Waals surface area contributed by atoms with Gasteiger partial charge in [0.05, 0.1) is 17.3 Å². The van der Waals surface area contributed by atoms with Crippen molar-refractivity contribution in [2.75, 3.05) is 5.32 Å². The predicted octanol–water partition coefficient (Wildman–Crippen LogP) is 3.25. The Morgan fingerprint density at radius 3 is 2.88 bits per heavy atom. The Bertz CT molecular complexity index is 501. The Hall–Kier alpha value is -0.820. The molecule has 0 aliphatic heterocycles. The summed E-state index contributed by atoms with van der Waals surface area (Å²) < 4.78 is 6.34. The molecule has 1 aromatic heterocycles. The largest absolute Gasteiger partial charge is 0.424 e. The van der Waals surface area contributed by atoms with Crippen molar-refractivity contribution in [2.24, 2.45) is 0 Å². The fourth-order valence-electron chi connectivity index (χ4n) is 1.21. The smallest absolute Gasteiger partial charge is 0.235 e. The number of benzene rings is 1. The lowest BCUT2D eigenvalue weighted by Crippen LogP contribution is -2.00. The Kier molecular flexibility index (Phi) is 3.65. The third-order valence-corrected chi connectivity index (χ3v) is 2.91. The first-order valence-corrected chi connectivity index (χ1v) is 6.09. The molecule has 0 aliphatic carbocycles. The zero-order valence-electron chi connectivity index (χ0n) is 8.50. The van der Waals surface area contributed by atoms with E-state index in [-0.39, 0.29) is 0 Å². The zero-order chi connectivity index (χ0) is 11.5. The number of aryl methyl sites for hydroxylation is 1. The van der Waals surface area contributed by atoms with Crippen LogP contribution < -0.4 is 5.32 Å². The van der Waals surface area contributed by atoms with E-state index in [9.17, 15) is 0 Å². The second kappa shape index (κ2) is 5.01. The van der Waals surface area contributed by atoms with Crippen molar-refractivity contribution in [3.8, 4) is 0 Å². The van der Waals surface area contributed by atoms with Gasteiger partial charge in [-0.3, -0.25) is 0 Å². The molecule has 0 atom stereocenters. The van der Waals surface area contributed by atoms with Crippen LogP contribution in [0, 0.1) is 10.5 Å². The lowest BCUT2D eigenvalue weighted by atomic mass is 10.3. The lowest BCUT2D eigenvalue weighted by molar-refractivity contribution is 0.475. The van der Waals surface area contributed by atoms with E-state index in [2.05, 4.69) is 38.1 Å². The van der Waals surface area contributed by atoms with Crippen LogP contribution in [0.1, 0.15) is 11.8 Å². The molecule has 0 amide bonds. The number of nitrogens with one attached hydrogen (secondary N) is 1. The first-order valence-electron chi connectivity index (χ1n) is 4.63. The third-order valence-electron chi connectivity index (χ3n) is 1.93. The van der Waals surface area contributed by atoms with Crippen molar-refractivity contribution in [2.45, 2.75) is 13.5 Å². The summed E-state index contributed by atoms with van der Waals surface area (Å²) in [6.45, 7) is 2.23. The van der Waals surface area contributed by atoms with E-state index in [1.54, 1.807) is 6.92 Å². The normalized spacial score (nSPS) is 10.4. The van der Waals surface area contributed by atoms with Gasteiger partial charge in [-0.15, -0.1) is 10.2 Å². The molecular weight excluding hydrogens is 340 g/mol. The predicted molar refractivity (Wildman–Crippen MR) is 70.5 cm³/mol. The average molecular weight is 350 g/mol. The average Bonchev–Trinajstić information content (AvgIpc) is 2.63. The number of nitrogens with zero attached hydrogens (tertiary/aromatic N) is 2. The Balaban J connectivity index is 2.04. The Morgan fingerprint density at radius 1 is 1.44 bits per heavy atom. The first-order chi connectivity index (χ1) is 7.65. The molecule has 2 aromatic rings. The number of rotatable bonds is 3. The first kappa shape index (κ1) is 11.7. The molecule has 6 heteroatoms. The van der Waals surface area contributed by atoms with Crippen molar-refractivity contribution in [1.82, 2.24) is 10.2 Å². The van der Waals surface area contributed by atoms with Gasteiger partial charge in [0.1, 0.15) is 0 Å². The number of halogens is 2. The number of aromatic nitrogens is 2. The van der Waals surface area contributed by atoms with Crippen molar-refractivity contribution in [3.05, 3.63) is 38.6 Å². The van der Waals surface area contributed by atoms with Gasteiger partial charge in [-0.05, 0) is 40.8 Å². The van der Waals surface area contributed by atoms with Crippen molar-refractivity contribution in [1.29, 1.82) is 0 Å². The lowest BCUT2D eigenvalue weighted by Gasteiger charge is -2.05. The van der Waals surface area contributed by atoms with Gasteiger partial charge in [-0.1, -0.05) is 11.6 Å². The van der Waals surface area contributed by atoms with Gasteiger partial charge in [0.2, 0.25) is 11.8 Å². The highest BCUT2D eigenvalue weighted by molar-refractivity contribution is 14.1. The SMILES string of the molecule is Cc1nnc(CNc2ccc(I)cc2Cl)o1. The highest BCUT2D eigenvalue weighted by Gasteiger charge is 2.04. The molecule has 1 heterocycles. The van der Waals surface area contributed by atoms with Gasteiger partial charge in [-0.25, -0.2) is 0 Å². The summed E-state index contributed by atoms with van der Waals surface area (Å²) in [5.74, 6) is 1.11. The summed E-state index contributed by atoms with van der Waals surface area (Å²) in [5, 5.41) is 11.5. The molecule has 4 nitrogen and oxygen atoms in total. The summed E-state index contributed by atoms with van der Waals surface area (Å²) in [7, 11) is 0. The molecule has 84 valence electrons. The molecule has 1 aromatic carbocycles. The fourth-order valence-corrected chi connectivity index (χ4v) is 2.14. The molecule has 0 bridgehead atoms. The van der Waals surface area contributed by atoms with Crippen LogP contribution in [0.3, 0.4) is 0 Å². The second-order valence-corrected chi connectivity index (χ2v) is 4.85. The van der Waals surface area contributed by atoms with Crippen molar-refractivity contribution < 1.29 is 4.42 Å². The maximum absolute atomic E-state index is 6.07. The van der Waals surface area contributed by atoms with E-state index in [1.807, 2.05) is 18.2 Å². The minimum Gasteiger partial charge on any atom is -0.424 e. The van der Waals surface area contributed by atoms with Crippen molar-refractivity contribution >= 4 is 39.9 Å². The second-order valence-electron chi connectivity index (χ2n) is 3.19. The van der Waals surface area contributed by atoms with Crippen molar-refractivity contribution in [3.63, 3.8) is 0 Å². The molecule has 2 rings (SSSR count). The topological polar surface area (TPSA) is 51.0 Å². The van der Waals surface area contributed by atoms with Crippen LogP contribution in [0.4, 0.5) is 5.69 Å². The molecule has 0 fully saturated rings. The summed E-state index contributed by atoms with van der Waals surface area (Å²) in [6.07, 6.45) is 0. The molecule has 0 saturated carbocycles. The summed E-state index contributed by atoms with van der Waals surface area (Å²) in [6, 6.07) is 5.80. The number of hydrogen-bond donors (Lipinski definition) is 1. The van der Waals surface area contributed by atoms with E-state index in [1.165, 1.54) is 0 Å². The quantitative estimate of drug-likeness (QED) is 0.864. The molecule has 0 saturated heterocycles. The summed E-state index contributed by atoms with van der Waals surface area (Å²) >= 11 is 8.28. The Morgan fingerprint density at radius 2 is 2.25 bits per heavy atom. The minimum absolute atomic E-state index is 0.473. The van der Waals surface area contributed by atoms with Crippen LogP contribution in [0.5, 0.6) is 0 Å². The third kappa shape index (κ3) is 2.85. The maximum atomic E-state index is 6.07. The van der Waals surface area contributed by atoms with Gasteiger partial charge >= 0.3 is 0 Å². The van der Waals surface area contributed by atoms with Crippen LogP contribution in [0.2, 0.25) is 5.02 Å². The molecular formula is C10H9ClIN3O. The van der Waals surface area contributed by atoms with Crippen LogP contribution in [0.25, 0.3) is 0 Å². The summed E-state index contributed by atoms with van der Waals surface area (Å²) in [5.41, 5.74) is 0.859. The van der Waals surface area contributed by atoms with E-state index >= 15 is 0 Å². The van der Waals surface area contributed by atoms with Gasteiger partial charge in [0.15, 0.2) is 0 Å². The Labute approximate surface area is 112 Å². The maximum Gasteiger partial charge on any atom is 0.235 e. The molecule has 0 spiro atoms. The fraction of sp³-hybridized carbons (Fsp3) is 0.200. The van der Waals surface area contributed by atoms with Crippen LogP contribution in [-0.2, 0) is 6.54 Å². The standard InChI is InChI=1S/C10H9ClIN3O/c1-6-14-15-10(16-6)5-13-9-3-2-7(12)4-8(9)11/h2-4,13H,5H2,1H3. The molecule has 1 N–H and O–H groups in total. The van der Waals surface area contributed by atoms with Gasteiger partial charge in [-0.2, -0.15) is 0 Å². The molecule has 0 radical (unpaired) electrons. The highest BCUT2D eigenvalue weighted by Crippen LogP contribution is 2.24. The monoisotopic (exact) mass is 349 g/mol. The van der Waals surface area contributed by atoms with E-state index < -0.39 is 0 Å². The summed E-state index contributed by atoms with van der Waals surface area (Å²) in [4.78, 5) is 0. The van der Waals surface area contributed by atoms with Gasteiger partial charge in [0.25, 0.3) is 0 Å². The number of anilines is 1. The van der Waals surface area contributed by atoms with E-state index in [0.717, 1.165) is 9.26 Å². The minimum atomic E-state index is 0.473. The molecule has 0 unspecified atom stereocenters. The van der Waals surface area contributed by atoms with Crippen LogP contribution >= 0.6 is 34.2 Å². The van der Waals surface area contributed by atoms with E-state index in [0.29, 0.717) is 23.3 Å². The molecule has 16 heavy (non-hydrogen) atoms. The van der Waals surface area contributed by atoms with E-state index in [4.69, 9.17) is 16.0 Å². The highest BCUT2D eigenvalue weighted by atomic mass is 127. The molecule has 0 aliphatic rings. The zero-order valence-corrected chi connectivity index (χ0v) is 11.4. The number of hydrogen-bond acceptors (Lipinski definition) is 4. The van der Waals surface area contributed by atoms with Gasteiger partial charge in [0, 0.05) is 10.5 Å². The van der Waals surface area contributed by atoms with Crippen LogP contribution in [-0.4, -0.2) is 10.2 Å². The van der Waals surface area contributed by atoms with Gasteiger partial charge < -0.3 is 9.73 Å². The van der Waals surface area contributed by atoms with Crippen LogP contribution in [0.15, 0.2) is 22.6 Å².